The fourth-order valence-electron chi connectivity index (χ4n) is 1.10. The van der Waals surface area contributed by atoms with Crippen molar-refractivity contribution in [3.05, 3.63) is 30.4 Å². The Hall–Kier alpha value is -1.92. The van der Waals surface area contributed by atoms with Gasteiger partial charge in [0.25, 0.3) is 5.89 Å². The lowest BCUT2D eigenvalue weighted by molar-refractivity contribution is -0.137. The molecule has 0 fully saturated rings. The van der Waals surface area contributed by atoms with Crippen molar-refractivity contribution in [2.24, 2.45) is 0 Å². The van der Waals surface area contributed by atoms with Crippen molar-refractivity contribution in [3.63, 3.8) is 0 Å². The Labute approximate surface area is 81.8 Å². The van der Waals surface area contributed by atoms with E-state index in [1.807, 2.05) is 0 Å². The van der Waals surface area contributed by atoms with Gasteiger partial charge >= 0.3 is 6.18 Å². The molecule has 0 saturated carbocycles. The molecule has 0 aliphatic carbocycles. The minimum atomic E-state index is -4.47. The summed E-state index contributed by atoms with van der Waals surface area (Å²) < 4.78 is 42.1. The van der Waals surface area contributed by atoms with Crippen LogP contribution in [-0.2, 0) is 6.18 Å². The predicted octanol–water partition coefficient (Wildman–Crippen LogP) is 2.15. The Morgan fingerprint density at radius 3 is 2.67 bits per heavy atom. The summed E-state index contributed by atoms with van der Waals surface area (Å²) in [4.78, 5) is 7.13. The number of hydrogen-bond acceptors (Lipinski definition) is 4. The number of aromatic nitrogens is 3. The molecule has 7 heteroatoms. The van der Waals surface area contributed by atoms with E-state index >= 15 is 0 Å². The second-order valence-electron chi connectivity index (χ2n) is 2.67. The van der Waals surface area contributed by atoms with Crippen LogP contribution in [0.4, 0.5) is 13.2 Å². The third-order valence-corrected chi connectivity index (χ3v) is 1.72. The van der Waals surface area contributed by atoms with Gasteiger partial charge in [0.15, 0.2) is 6.33 Å². The van der Waals surface area contributed by atoms with Crippen molar-refractivity contribution < 1.29 is 17.7 Å². The summed E-state index contributed by atoms with van der Waals surface area (Å²) in [6.07, 6.45) is -1.34. The van der Waals surface area contributed by atoms with Gasteiger partial charge in [-0.25, -0.2) is 0 Å². The van der Waals surface area contributed by atoms with E-state index in [-0.39, 0.29) is 11.5 Å². The fraction of sp³-hybridized carbons (Fsp3) is 0.125. The highest BCUT2D eigenvalue weighted by atomic mass is 19.4. The van der Waals surface area contributed by atoms with Crippen molar-refractivity contribution in [2.75, 3.05) is 0 Å². The maximum Gasteiger partial charge on any atom is 0.417 e. The molecular formula is C8H4F3N3O. The topological polar surface area (TPSA) is 51.8 Å². The Balaban J connectivity index is 2.58. The highest BCUT2D eigenvalue weighted by molar-refractivity contribution is 5.57. The van der Waals surface area contributed by atoms with Crippen LogP contribution in [0.5, 0.6) is 0 Å². The molecule has 0 radical (unpaired) electrons. The van der Waals surface area contributed by atoms with E-state index < -0.39 is 11.7 Å². The molecular weight excluding hydrogens is 211 g/mol. The van der Waals surface area contributed by atoms with Gasteiger partial charge in [-0.2, -0.15) is 18.2 Å². The maximum absolute atomic E-state index is 12.5. The number of nitrogens with zero attached hydrogens (tertiary/aromatic N) is 3. The second-order valence-corrected chi connectivity index (χ2v) is 2.67. The molecule has 78 valence electrons. The summed E-state index contributed by atoms with van der Waals surface area (Å²) in [5.41, 5.74) is -1.07. The molecule has 0 amide bonds. The molecule has 0 aliphatic heterocycles. The molecule has 0 unspecified atom stereocenters. The molecule has 4 nitrogen and oxygen atoms in total. The first-order chi connectivity index (χ1) is 7.09. The molecule has 2 aromatic rings. The van der Waals surface area contributed by atoms with Gasteiger partial charge in [0.1, 0.15) is 0 Å². The van der Waals surface area contributed by atoms with Gasteiger partial charge in [-0.05, 0) is 6.07 Å². The number of hydrogen-bond donors (Lipinski definition) is 0. The Morgan fingerprint density at radius 2 is 2.07 bits per heavy atom. The van der Waals surface area contributed by atoms with Gasteiger partial charge in [-0.3, -0.25) is 4.98 Å². The van der Waals surface area contributed by atoms with E-state index in [9.17, 15) is 13.2 Å². The second kappa shape index (κ2) is 3.34. The van der Waals surface area contributed by atoms with E-state index in [2.05, 4.69) is 19.6 Å². The van der Waals surface area contributed by atoms with Gasteiger partial charge in [0.05, 0.1) is 11.1 Å². The lowest BCUT2D eigenvalue weighted by Gasteiger charge is -2.08. The molecule has 0 bridgehead atoms. The number of rotatable bonds is 1. The minimum absolute atomic E-state index is 0.199. The van der Waals surface area contributed by atoms with Gasteiger partial charge in [0.2, 0.25) is 0 Å². The highest BCUT2D eigenvalue weighted by Crippen LogP contribution is 2.35. The summed E-state index contributed by atoms with van der Waals surface area (Å²) >= 11 is 0. The molecule has 0 aliphatic rings. The third-order valence-electron chi connectivity index (χ3n) is 1.72. The van der Waals surface area contributed by atoms with E-state index in [1.165, 1.54) is 0 Å². The van der Waals surface area contributed by atoms with Crippen molar-refractivity contribution in [1.29, 1.82) is 0 Å². The van der Waals surface area contributed by atoms with Crippen LogP contribution in [0.1, 0.15) is 5.56 Å². The van der Waals surface area contributed by atoms with Crippen molar-refractivity contribution in [1.82, 2.24) is 15.1 Å². The van der Waals surface area contributed by atoms with Crippen molar-refractivity contribution in [3.8, 4) is 11.5 Å². The number of alkyl halides is 3. The van der Waals surface area contributed by atoms with Crippen LogP contribution < -0.4 is 0 Å². The molecule has 15 heavy (non-hydrogen) atoms. The van der Waals surface area contributed by atoms with E-state index in [0.717, 1.165) is 24.8 Å². The summed E-state index contributed by atoms with van der Waals surface area (Å²) in [5.74, 6) is -0.199. The van der Waals surface area contributed by atoms with Gasteiger partial charge < -0.3 is 4.52 Å². The zero-order valence-corrected chi connectivity index (χ0v) is 7.19. The average molecular weight is 215 g/mol. The first kappa shape index (κ1) is 9.63. The summed E-state index contributed by atoms with van der Waals surface area (Å²) in [5, 5.41) is 3.24. The van der Waals surface area contributed by atoms with Crippen LogP contribution >= 0.6 is 0 Å². The summed E-state index contributed by atoms with van der Waals surface area (Å²) in [6.45, 7) is 0. The minimum Gasteiger partial charge on any atom is -0.334 e. The van der Waals surface area contributed by atoms with Gasteiger partial charge in [0, 0.05) is 12.4 Å². The molecule has 0 spiro atoms. The van der Waals surface area contributed by atoms with E-state index in [4.69, 9.17) is 0 Å². The van der Waals surface area contributed by atoms with Crippen LogP contribution in [0.15, 0.2) is 29.3 Å². The monoisotopic (exact) mass is 215 g/mol. The highest BCUT2D eigenvalue weighted by Gasteiger charge is 2.34. The number of halogens is 3. The molecule has 2 rings (SSSR count). The number of pyridine rings is 1. The molecule has 0 atom stereocenters. The summed E-state index contributed by atoms with van der Waals surface area (Å²) in [6, 6.07) is 0.861. The zero-order chi connectivity index (χ0) is 10.9. The average Bonchev–Trinajstić information content (AvgIpc) is 2.69. The zero-order valence-electron chi connectivity index (χ0n) is 7.19. The van der Waals surface area contributed by atoms with Crippen LogP contribution in [0.3, 0.4) is 0 Å². The Morgan fingerprint density at radius 1 is 1.27 bits per heavy atom. The van der Waals surface area contributed by atoms with Crippen LogP contribution in [0.25, 0.3) is 11.5 Å². The van der Waals surface area contributed by atoms with Gasteiger partial charge in [-0.15, -0.1) is 0 Å². The molecule has 2 aromatic heterocycles. The first-order valence-corrected chi connectivity index (χ1v) is 3.87. The standard InChI is InChI=1S/C8H4F3N3O/c9-8(10,11)6-1-2-12-3-5(6)7-13-4-14-15-7/h1-4H. The molecule has 0 N–H and O–H groups in total. The van der Waals surface area contributed by atoms with Crippen molar-refractivity contribution >= 4 is 0 Å². The first-order valence-electron chi connectivity index (χ1n) is 3.87. The van der Waals surface area contributed by atoms with Crippen LogP contribution in [0.2, 0.25) is 0 Å². The molecule has 0 aromatic carbocycles. The van der Waals surface area contributed by atoms with E-state index in [1.54, 1.807) is 0 Å². The van der Waals surface area contributed by atoms with Crippen LogP contribution in [-0.4, -0.2) is 15.1 Å². The van der Waals surface area contributed by atoms with Crippen molar-refractivity contribution in [2.45, 2.75) is 6.18 Å². The quantitative estimate of drug-likeness (QED) is 0.731. The molecule has 0 saturated heterocycles. The van der Waals surface area contributed by atoms with Gasteiger partial charge in [-0.1, -0.05) is 5.16 Å². The van der Waals surface area contributed by atoms with E-state index in [0.29, 0.717) is 0 Å². The molecule has 2 heterocycles. The Kier molecular flexibility index (Phi) is 2.14. The lowest BCUT2D eigenvalue weighted by atomic mass is 10.1. The largest absolute Gasteiger partial charge is 0.417 e. The third kappa shape index (κ3) is 1.80. The normalized spacial score (nSPS) is 11.7. The summed E-state index contributed by atoms with van der Waals surface area (Å²) in [7, 11) is 0. The smallest absolute Gasteiger partial charge is 0.334 e. The maximum atomic E-state index is 12.5. The Bertz CT molecular complexity index is 452. The predicted molar refractivity (Wildman–Crippen MR) is 42.5 cm³/mol. The SMILES string of the molecule is FC(F)(F)c1ccncc1-c1ncno1. The lowest BCUT2D eigenvalue weighted by Crippen LogP contribution is -2.07. The van der Waals surface area contributed by atoms with Crippen LogP contribution in [0, 0.1) is 0 Å². The fourth-order valence-corrected chi connectivity index (χ4v) is 1.10.